The first-order valence-electron chi connectivity index (χ1n) is 7.05. The van der Waals surface area contributed by atoms with Gasteiger partial charge in [-0.05, 0) is 33.6 Å². The first-order chi connectivity index (χ1) is 8.36. The Labute approximate surface area is 109 Å². The van der Waals surface area contributed by atoms with E-state index < -0.39 is 5.60 Å². The second kappa shape index (κ2) is 3.62. The molecule has 0 aromatic heterocycles. The van der Waals surface area contributed by atoms with E-state index in [0.717, 1.165) is 26.2 Å². The fraction of sp³-hybridized carbons (Fsp3) is 0.929. The summed E-state index contributed by atoms with van der Waals surface area (Å²) in [6, 6.07) is 0. The number of amides is 1. The average molecular weight is 252 g/mol. The highest BCUT2D eigenvalue weighted by Crippen LogP contribution is 2.59. The van der Waals surface area contributed by atoms with Crippen LogP contribution in [0.5, 0.6) is 0 Å². The van der Waals surface area contributed by atoms with Crippen molar-refractivity contribution in [3.63, 3.8) is 0 Å². The molecule has 18 heavy (non-hydrogen) atoms. The van der Waals surface area contributed by atoms with E-state index in [-0.39, 0.29) is 6.09 Å². The van der Waals surface area contributed by atoms with E-state index in [0.29, 0.717) is 10.8 Å². The van der Waals surface area contributed by atoms with Crippen LogP contribution in [0.3, 0.4) is 0 Å². The molecule has 3 aliphatic rings. The van der Waals surface area contributed by atoms with Crippen molar-refractivity contribution < 1.29 is 9.53 Å². The maximum Gasteiger partial charge on any atom is 0.410 e. The number of nitrogens with one attached hydrogen (secondary N) is 1. The Morgan fingerprint density at radius 3 is 2.22 bits per heavy atom. The molecule has 0 aromatic rings. The molecule has 0 bridgehead atoms. The van der Waals surface area contributed by atoms with Gasteiger partial charge >= 0.3 is 6.09 Å². The van der Waals surface area contributed by atoms with Gasteiger partial charge in [0.05, 0.1) is 0 Å². The summed E-state index contributed by atoms with van der Waals surface area (Å²) in [6.07, 6.45) is 3.72. The molecule has 4 nitrogen and oxygen atoms in total. The van der Waals surface area contributed by atoms with E-state index >= 15 is 0 Å². The Hall–Kier alpha value is -0.770. The number of nitrogens with zero attached hydrogens (tertiary/aromatic N) is 1. The third-order valence-electron chi connectivity index (χ3n) is 5.00. The molecule has 4 heteroatoms. The molecule has 3 rings (SSSR count). The highest BCUT2D eigenvalue weighted by Gasteiger charge is 2.63. The molecule has 3 fully saturated rings. The van der Waals surface area contributed by atoms with Crippen molar-refractivity contribution in [2.45, 2.75) is 45.6 Å². The lowest BCUT2D eigenvalue weighted by atomic mass is 9.71. The Morgan fingerprint density at radius 2 is 1.72 bits per heavy atom. The first-order valence-corrected chi connectivity index (χ1v) is 7.05. The molecule has 1 N–H and O–H groups in total. The van der Waals surface area contributed by atoms with Gasteiger partial charge in [0, 0.05) is 37.0 Å². The van der Waals surface area contributed by atoms with Gasteiger partial charge in [-0.1, -0.05) is 6.42 Å². The molecular weight excluding hydrogens is 228 g/mol. The summed E-state index contributed by atoms with van der Waals surface area (Å²) in [4.78, 5) is 14.1. The van der Waals surface area contributed by atoms with Crippen molar-refractivity contribution >= 4 is 6.09 Å². The maximum atomic E-state index is 12.2. The standard InChI is InChI=1S/C14H24N2O2/c1-12(2,3)18-11(17)16-9-13-5-4-6-14(13,10-16)8-15-7-13/h15H,4-10H2,1-3H3. The van der Waals surface area contributed by atoms with Crippen LogP contribution >= 0.6 is 0 Å². The number of ether oxygens (including phenoxy) is 1. The smallest absolute Gasteiger partial charge is 0.410 e. The van der Waals surface area contributed by atoms with Crippen molar-refractivity contribution in [3.8, 4) is 0 Å². The summed E-state index contributed by atoms with van der Waals surface area (Å²) < 4.78 is 5.51. The summed E-state index contributed by atoms with van der Waals surface area (Å²) in [5, 5.41) is 3.54. The van der Waals surface area contributed by atoms with Crippen molar-refractivity contribution in [1.29, 1.82) is 0 Å². The second-order valence-corrected chi connectivity index (χ2v) is 7.35. The van der Waals surface area contributed by atoms with Gasteiger partial charge < -0.3 is 15.0 Å². The van der Waals surface area contributed by atoms with Gasteiger partial charge in [0.15, 0.2) is 0 Å². The highest BCUT2D eigenvalue weighted by atomic mass is 16.6. The van der Waals surface area contributed by atoms with Crippen molar-refractivity contribution in [1.82, 2.24) is 10.2 Å². The fourth-order valence-corrected chi connectivity index (χ4v) is 4.24. The van der Waals surface area contributed by atoms with Crippen LogP contribution in [0.1, 0.15) is 40.0 Å². The van der Waals surface area contributed by atoms with Gasteiger partial charge in [-0.2, -0.15) is 0 Å². The summed E-state index contributed by atoms with van der Waals surface area (Å²) in [7, 11) is 0. The largest absolute Gasteiger partial charge is 0.444 e. The predicted molar refractivity (Wildman–Crippen MR) is 69.4 cm³/mol. The van der Waals surface area contributed by atoms with Crippen molar-refractivity contribution in [3.05, 3.63) is 0 Å². The minimum atomic E-state index is -0.391. The normalized spacial score (nSPS) is 38.7. The van der Waals surface area contributed by atoms with Crippen LogP contribution in [-0.2, 0) is 4.74 Å². The molecule has 102 valence electrons. The molecular formula is C14H24N2O2. The van der Waals surface area contributed by atoms with Crippen molar-refractivity contribution in [2.75, 3.05) is 26.2 Å². The van der Waals surface area contributed by atoms with E-state index in [1.165, 1.54) is 19.3 Å². The van der Waals surface area contributed by atoms with Crippen LogP contribution in [0, 0.1) is 10.8 Å². The summed E-state index contributed by atoms with van der Waals surface area (Å²) in [5.74, 6) is 0. The zero-order valence-corrected chi connectivity index (χ0v) is 11.7. The SMILES string of the molecule is CC(C)(C)OC(=O)N1CC23CCCC2(CNC3)C1. The molecule has 2 unspecified atom stereocenters. The van der Waals surface area contributed by atoms with E-state index in [4.69, 9.17) is 4.74 Å². The molecule has 0 aromatic carbocycles. The van der Waals surface area contributed by atoms with Gasteiger partial charge in [0.25, 0.3) is 0 Å². The van der Waals surface area contributed by atoms with Crippen LogP contribution in [0.2, 0.25) is 0 Å². The quantitative estimate of drug-likeness (QED) is 0.717. The van der Waals surface area contributed by atoms with Gasteiger partial charge in [-0.15, -0.1) is 0 Å². The van der Waals surface area contributed by atoms with E-state index in [1.54, 1.807) is 0 Å². The molecule has 2 atom stereocenters. The Balaban J connectivity index is 1.75. The molecule has 1 amide bonds. The maximum absolute atomic E-state index is 12.2. The second-order valence-electron chi connectivity index (χ2n) is 7.35. The number of rotatable bonds is 0. The van der Waals surface area contributed by atoms with Crippen LogP contribution < -0.4 is 5.32 Å². The van der Waals surface area contributed by atoms with Gasteiger partial charge in [-0.3, -0.25) is 0 Å². The first kappa shape index (κ1) is 12.3. The average Bonchev–Trinajstić information content (AvgIpc) is 2.71. The predicted octanol–water partition coefficient (Wildman–Crippen LogP) is 2.00. The molecule has 0 spiro atoms. The van der Waals surface area contributed by atoms with Gasteiger partial charge in [-0.25, -0.2) is 4.79 Å². The molecule has 1 aliphatic carbocycles. The highest BCUT2D eigenvalue weighted by molar-refractivity contribution is 5.69. The number of likely N-dealkylation sites (tertiary alicyclic amines) is 1. The lowest BCUT2D eigenvalue weighted by Crippen LogP contribution is -2.39. The van der Waals surface area contributed by atoms with Gasteiger partial charge in [0.1, 0.15) is 5.60 Å². The zero-order chi connectivity index (χ0) is 13.0. The Morgan fingerprint density at radius 1 is 1.17 bits per heavy atom. The van der Waals surface area contributed by atoms with Crippen molar-refractivity contribution in [2.24, 2.45) is 10.8 Å². The monoisotopic (exact) mass is 252 g/mol. The minimum absolute atomic E-state index is 0.127. The topological polar surface area (TPSA) is 41.6 Å². The van der Waals surface area contributed by atoms with E-state index in [1.807, 2.05) is 25.7 Å². The zero-order valence-electron chi connectivity index (χ0n) is 11.7. The fourth-order valence-electron chi connectivity index (χ4n) is 4.24. The molecule has 2 heterocycles. The number of carbonyl (C=O) groups is 1. The molecule has 0 radical (unpaired) electrons. The van der Waals surface area contributed by atoms with Crippen LogP contribution in [0.25, 0.3) is 0 Å². The summed E-state index contributed by atoms with van der Waals surface area (Å²) >= 11 is 0. The van der Waals surface area contributed by atoms with E-state index in [9.17, 15) is 4.79 Å². The number of hydrogen-bond acceptors (Lipinski definition) is 3. The lowest BCUT2D eigenvalue weighted by molar-refractivity contribution is 0.0259. The summed E-state index contributed by atoms with van der Waals surface area (Å²) in [6.45, 7) is 9.71. The van der Waals surface area contributed by atoms with Gasteiger partial charge in [0.2, 0.25) is 0 Å². The molecule has 1 saturated carbocycles. The molecule has 2 saturated heterocycles. The number of carbonyl (C=O) groups excluding carboxylic acids is 1. The summed E-state index contributed by atoms with van der Waals surface area (Å²) in [5.41, 5.74) is 0.283. The van der Waals surface area contributed by atoms with Crippen LogP contribution in [0.15, 0.2) is 0 Å². The van der Waals surface area contributed by atoms with E-state index in [2.05, 4.69) is 5.32 Å². The molecule has 2 aliphatic heterocycles. The third kappa shape index (κ3) is 1.65. The van der Waals surface area contributed by atoms with Crippen LogP contribution in [-0.4, -0.2) is 42.8 Å². The Kier molecular flexibility index (Phi) is 2.47. The van der Waals surface area contributed by atoms with Crippen LogP contribution in [0.4, 0.5) is 4.79 Å². The lowest BCUT2D eigenvalue weighted by Gasteiger charge is -2.30. The third-order valence-corrected chi connectivity index (χ3v) is 5.00. The number of hydrogen-bond donors (Lipinski definition) is 1. The minimum Gasteiger partial charge on any atom is -0.444 e. The Bertz CT molecular complexity index is 342.